The summed E-state index contributed by atoms with van der Waals surface area (Å²) in [5, 5.41) is 0. The highest BCUT2D eigenvalue weighted by molar-refractivity contribution is 7.90. The Morgan fingerprint density at radius 2 is 2.15 bits per heavy atom. The molecule has 76 valence electrons. The van der Waals surface area contributed by atoms with Gasteiger partial charge in [-0.05, 0) is 12.8 Å². The molecule has 1 heterocycles. The van der Waals surface area contributed by atoms with Crippen LogP contribution in [0.2, 0.25) is 0 Å². The summed E-state index contributed by atoms with van der Waals surface area (Å²) in [7, 11) is -2.87. The van der Waals surface area contributed by atoms with Crippen molar-refractivity contribution in [1.82, 2.24) is 4.90 Å². The average molecular weight is 205 g/mol. The van der Waals surface area contributed by atoms with Gasteiger partial charge in [-0.1, -0.05) is 0 Å². The third-order valence-electron chi connectivity index (χ3n) is 2.11. The molecule has 0 unspecified atom stereocenters. The van der Waals surface area contributed by atoms with Crippen LogP contribution in [0.4, 0.5) is 0 Å². The highest BCUT2D eigenvalue weighted by Gasteiger charge is 2.19. The highest BCUT2D eigenvalue weighted by atomic mass is 32.2. The van der Waals surface area contributed by atoms with Crippen molar-refractivity contribution in [2.45, 2.75) is 19.3 Å². The lowest BCUT2D eigenvalue weighted by Crippen LogP contribution is -2.26. The van der Waals surface area contributed by atoms with Crippen molar-refractivity contribution in [1.29, 1.82) is 0 Å². The van der Waals surface area contributed by atoms with Crippen LogP contribution in [0.3, 0.4) is 0 Å². The van der Waals surface area contributed by atoms with Gasteiger partial charge in [0.25, 0.3) is 0 Å². The van der Waals surface area contributed by atoms with E-state index in [4.69, 9.17) is 0 Å². The van der Waals surface area contributed by atoms with Crippen LogP contribution in [0.1, 0.15) is 19.3 Å². The molecule has 1 aliphatic heterocycles. The van der Waals surface area contributed by atoms with Crippen molar-refractivity contribution in [3.8, 4) is 0 Å². The number of rotatable bonds is 4. The summed E-state index contributed by atoms with van der Waals surface area (Å²) in [6.07, 6.45) is 3.32. The number of hydrogen-bond donors (Lipinski definition) is 0. The number of nitrogens with zero attached hydrogens (tertiary/aromatic N) is 1. The first kappa shape index (κ1) is 10.5. The third kappa shape index (κ3) is 3.76. The Bertz CT molecular complexity index is 284. The second-order valence-electron chi connectivity index (χ2n) is 3.47. The highest BCUT2D eigenvalue weighted by Crippen LogP contribution is 2.09. The molecule has 0 saturated carbocycles. The van der Waals surface area contributed by atoms with E-state index in [1.165, 1.54) is 6.26 Å². The maximum atomic E-state index is 11.1. The summed E-state index contributed by atoms with van der Waals surface area (Å²) in [5.41, 5.74) is 0. The van der Waals surface area contributed by atoms with E-state index in [1.54, 1.807) is 4.90 Å². The summed E-state index contributed by atoms with van der Waals surface area (Å²) in [4.78, 5) is 12.8. The van der Waals surface area contributed by atoms with Gasteiger partial charge in [-0.3, -0.25) is 4.79 Å². The third-order valence-corrected chi connectivity index (χ3v) is 3.14. The first-order valence-corrected chi connectivity index (χ1v) is 6.50. The first-order valence-electron chi connectivity index (χ1n) is 4.44. The van der Waals surface area contributed by atoms with E-state index in [9.17, 15) is 13.2 Å². The fraction of sp³-hybridized carbons (Fsp3) is 0.875. The van der Waals surface area contributed by atoms with Crippen molar-refractivity contribution in [2.24, 2.45) is 0 Å². The molecule has 0 aromatic heterocycles. The van der Waals surface area contributed by atoms with Crippen LogP contribution in [-0.2, 0) is 14.6 Å². The Kier molecular flexibility index (Phi) is 3.30. The monoisotopic (exact) mass is 205 g/mol. The lowest BCUT2D eigenvalue weighted by Gasteiger charge is -2.14. The molecule has 5 heteroatoms. The maximum Gasteiger partial charge on any atom is 0.222 e. The minimum absolute atomic E-state index is 0.161. The van der Waals surface area contributed by atoms with Crippen molar-refractivity contribution in [3.05, 3.63) is 0 Å². The number of amides is 1. The van der Waals surface area contributed by atoms with Crippen LogP contribution in [0.25, 0.3) is 0 Å². The maximum absolute atomic E-state index is 11.1. The molecule has 0 atom stereocenters. The minimum Gasteiger partial charge on any atom is -0.343 e. The molecule has 1 saturated heterocycles. The summed E-state index contributed by atoms with van der Waals surface area (Å²) >= 11 is 0. The van der Waals surface area contributed by atoms with Crippen LogP contribution in [0.5, 0.6) is 0 Å². The van der Waals surface area contributed by atoms with Crippen molar-refractivity contribution < 1.29 is 13.2 Å². The number of likely N-dealkylation sites (tertiary alicyclic amines) is 1. The van der Waals surface area contributed by atoms with Gasteiger partial charge >= 0.3 is 0 Å². The molecule has 13 heavy (non-hydrogen) atoms. The molecular formula is C8H15NO3S. The van der Waals surface area contributed by atoms with Crippen LogP contribution in [0.15, 0.2) is 0 Å². The molecule has 0 aliphatic carbocycles. The molecule has 0 radical (unpaired) electrons. The smallest absolute Gasteiger partial charge is 0.222 e. The largest absolute Gasteiger partial charge is 0.343 e. The predicted octanol–water partition coefficient (Wildman–Crippen LogP) is 0.0435. The predicted molar refractivity (Wildman–Crippen MR) is 50.1 cm³/mol. The van der Waals surface area contributed by atoms with E-state index >= 15 is 0 Å². The topological polar surface area (TPSA) is 54.5 Å². The Balaban J connectivity index is 2.23. The molecule has 1 aliphatic rings. The zero-order chi connectivity index (χ0) is 9.90. The van der Waals surface area contributed by atoms with Gasteiger partial charge < -0.3 is 4.90 Å². The number of carbonyl (C=O) groups is 1. The number of hydrogen-bond acceptors (Lipinski definition) is 3. The lowest BCUT2D eigenvalue weighted by atomic mass is 10.4. The van der Waals surface area contributed by atoms with Crippen LogP contribution in [-0.4, -0.2) is 44.3 Å². The Labute approximate surface area is 78.8 Å². The van der Waals surface area contributed by atoms with Gasteiger partial charge in [0.1, 0.15) is 9.84 Å². The van der Waals surface area contributed by atoms with E-state index in [1.807, 2.05) is 0 Å². The number of sulfone groups is 1. The van der Waals surface area contributed by atoms with Crippen LogP contribution >= 0.6 is 0 Å². The molecule has 0 spiro atoms. The Morgan fingerprint density at radius 1 is 1.46 bits per heavy atom. The first-order chi connectivity index (χ1) is 5.99. The van der Waals surface area contributed by atoms with Crippen LogP contribution < -0.4 is 0 Å². The van der Waals surface area contributed by atoms with Gasteiger partial charge in [0.05, 0.1) is 5.75 Å². The Hall–Kier alpha value is -0.580. The second kappa shape index (κ2) is 4.09. The molecule has 0 aromatic rings. The zero-order valence-electron chi connectivity index (χ0n) is 7.82. The summed E-state index contributed by atoms with van der Waals surface area (Å²) < 4.78 is 21.6. The van der Waals surface area contributed by atoms with E-state index in [2.05, 4.69) is 0 Å². The molecule has 0 bridgehead atoms. The van der Waals surface area contributed by atoms with E-state index < -0.39 is 9.84 Å². The molecule has 0 aromatic carbocycles. The quantitative estimate of drug-likeness (QED) is 0.651. The standard InChI is InChI=1S/C8H15NO3S/c1-13(11,12)7-3-6-9-5-2-4-8(9)10/h2-7H2,1H3. The van der Waals surface area contributed by atoms with Crippen molar-refractivity contribution in [3.63, 3.8) is 0 Å². The zero-order valence-corrected chi connectivity index (χ0v) is 8.64. The van der Waals surface area contributed by atoms with E-state index in [0.717, 1.165) is 13.0 Å². The molecule has 1 rings (SSSR count). The van der Waals surface area contributed by atoms with Gasteiger partial charge in [-0.15, -0.1) is 0 Å². The van der Waals surface area contributed by atoms with E-state index in [0.29, 0.717) is 19.4 Å². The Morgan fingerprint density at radius 3 is 2.62 bits per heavy atom. The van der Waals surface area contributed by atoms with Crippen LogP contribution in [0, 0.1) is 0 Å². The van der Waals surface area contributed by atoms with Gasteiger partial charge in [0.15, 0.2) is 0 Å². The summed E-state index contributed by atoms with van der Waals surface area (Å²) in [6, 6.07) is 0. The van der Waals surface area contributed by atoms with Gasteiger partial charge in [-0.25, -0.2) is 8.42 Å². The fourth-order valence-electron chi connectivity index (χ4n) is 1.46. The molecule has 1 amide bonds. The summed E-state index contributed by atoms with van der Waals surface area (Å²) in [5.74, 6) is 0.338. The van der Waals surface area contributed by atoms with Crippen molar-refractivity contribution in [2.75, 3.05) is 25.1 Å². The molecule has 4 nitrogen and oxygen atoms in total. The summed E-state index contributed by atoms with van der Waals surface area (Å²) in [6.45, 7) is 1.38. The normalized spacial score (nSPS) is 18.2. The SMILES string of the molecule is CS(=O)(=O)CCCN1CCCC1=O. The molecular weight excluding hydrogens is 190 g/mol. The average Bonchev–Trinajstić information content (AvgIpc) is 2.34. The van der Waals surface area contributed by atoms with Gasteiger partial charge in [0.2, 0.25) is 5.91 Å². The van der Waals surface area contributed by atoms with Crippen molar-refractivity contribution >= 4 is 15.7 Å². The minimum atomic E-state index is -2.87. The fourth-order valence-corrected chi connectivity index (χ4v) is 2.11. The molecule has 0 N–H and O–H groups in total. The molecule has 1 fully saturated rings. The van der Waals surface area contributed by atoms with Gasteiger partial charge in [0, 0.05) is 25.8 Å². The van der Waals surface area contributed by atoms with E-state index in [-0.39, 0.29) is 11.7 Å². The van der Waals surface area contributed by atoms with Gasteiger partial charge in [-0.2, -0.15) is 0 Å². The second-order valence-corrected chi connectivity index (χ2v) is 5.73. The lowest BCUT2D eigenvalue weighted by molar-refractivity contribution is -0.127. The number of carbonyl (C=O) groups excluding carboxylic acids is 1.